The highest BCUT2D eigenvalue weighted by Crippen LogP contribution is 2.27. The van der Waals surface area contributed by atoms with E-state index in [-0.39, 0.29) is 30.7 Å². The quantitative estimate of drug-likeness (QED) is 0.573. The van der Waals surface area contributed by atoms with Crippen molar-refractivity contribution in [1.29, 1.82) is 0 Å². The van der Waals surface area contributed by atoms with Crippen molar-refractivity contribution < 1.29 is 16.8 Å². The average Bonchev–Trinajstić information content (AvgIpc) is 3.09. The molecule has 2 N–H and O–H groups in total. The average molecular weight is 464 g/mol. The van der Waals surface area contributed by atoms with Crippen LogP contribution in [0.1, 0.15) is 0 Å². The van der Waals surface area contributed by atoms with Crippen molar-refractivity contribution in [3.05, 3.63) is 64.1 Å². The maximum atomic E-state index is 12.5. The molecular formula is C15H11Cl2N3O4S3. The van der Waals surface area contributed by atoms with Crippen molar-refractivity contribution in [2.75, 3.05) is 9.44 Å². The Morgan fingerprint density at radius 2 is 1.59 bits per heavy atom. The largest absolute Gasteiger partial charge is 0.280 e. The summed E-state index contributed by atoms with van der Waals surface area (Å²) in [6.07, 6.45) is 1.47. The van der Waals surface area contributed by atoms with E-state index in [1.54, 1.807) is 5.38 Å². The van der Waals surface area contributed by atoms with Crippen molar-refractivity contribution in [2.45, 2.75) is 9.79 Å². The molecule has 142 valence electrons. The van der Waals surface area contributed by atoms with Crippen molar-refractivity contribution in [3.8, 4) is 0 Å². The van der Waals surface area contributed by atoms with Gasteiger partial charge in [0.1, 0.15) is 4.90 Å². The first-order valence-corrected chi connectivity index (χ1v) is 11.8. The number of hydrogen-bond acceptors (Lipinski definition) is 6. The molecule has 0 fully saturated rings. The zero-order valence-electron chi connectivity index (χ0n) is 13.3. The molecule has 3 aromatic rings. The molecule has 0 radical (unpaired) electrons. The van der Waals surface area contributed by atoms with Gasteiger partial charge in [0.05, 0.1) is 9.92 Å². The summed E-state index contributed by atoms with van der Waals surface area (Å²) >= 11 is 12.9. The van der Waals surface area contributed by atoms with E-state index < -0.39 is 20.0 Å². The van der Waals surface area contributed by atoms with Gasteiger partial charge in [-0.1, -0.05) is 23.2 Å². The molecule has 0 atom stereocenters. The van der Waals surface area contributed by atoms with Crippen LogP contribution in [-0.4, -0.2) is 21.8 Å². The van der Waals surface area contributed by atoms with E-state index >= 15 is 0 Å². The number of rotatable bonds is 6. The summed E-state index contributed by atoms with van der Waals surface area (Å²) in [7, 11) is -7.82. The van der Waals surface area contributed by atoms with Gasteiger partial charge < -0.3 is 0 Å². The van der Waals surface area contributed by atoms with Gasteiger partial charge in [-0.3, -0.25) is 9.44 Å². The summed E-state index contributed by atoms with van der Waals surface area (Å²) in [5.41, 5.74) is 0.166. The van der Waals surface area contributed by atoms with Crippen LogP contribution in [0.4, 0.5) is 10.8 Å². The molecule has 1 heterocycles. The van der Waals surface area contributed by atoms with Gasteiger partial charge in [0.15, 0.2) is 5.13 Å². The molecule has 0 aliphatic heterocycles. The summed E-state index contributed by atoms with van der Waals surface area (Å²) in [6.45, 7) is 0. The lowest BCUT2D eigenvalue weighted by atomic mass is 10.3. The molecule has 0 bridgehead atoms. The summed E-state index contributed by atoms with van der Waals surface area (Å²) < 4.78 is 54.2. The van der Waals surface area contributed by atoms with Crippen LogP contribution in [-0.2, 0) is 20.0 Å². The van der Waals surface area contributed by atoms with E-state index in [4.69, 9.17) is 23.2 Å². The minimum Gasteiger partial charge on any atom is -0.280 e. The maximum absolute atomic E-state index is 12.5. The Morgan fingerprint density at radius 3 is 2.22 bits per heavy atom. The molecule has 12 heteroatoms. The van der Waals surface area contributed by atoms with Gasteiger partial charge in [-0.25, -0.2) is 21.8 Å². The molecule has 0 aliphatic rings. The molecule has 0 saturated carbocycles. The molecule has 7 nitrogen and oxygen atoms in total. The van der Waals surface area contributed by atoms with E-state index in [0.29, 0.717) is 0 Å². The van der Waals surface area contributed by atoms with Crippen molar-refractivity contribution in [3.63, 3.8) is 0 Å². The molecule has 3 rings (SSSR count). The third-order valence-electron chi connectivity index (χ3n) is 3.25. The highest BCUT2D eigenvalue weighted by molar-refractivity contribution is 7.93. The lowest BCUT2D eigenvalue weighted by Crippen LogP contribution is -2.15. The normalized spacial score (nSPS) is 11.9. The third-order valence-corrected chi connectivity index (χ3v) is 7.52. The number of nitrogens with zero attached hydrogens (tertiary/aromatic N) is 1. The molecule has 27 heavy (non-hydrogen) atoms. The Hall–Kier alpha value is -1.85. The van der Waals surface area contributed by atoms with Gasteiger partial charge in [-0.15, -0.1) is 11.3 Å². The fourth-order valence-corrected chi connectivity index (χ4v) is 5.65. The SMILES string of the molecule is O=S(=O)(Nc1nccs1)c1ccc(NS(=O)(=O)c2cc(Cl)ccc2Cl)cc1. The first-order chi connectivity index (χ1) is 12.7. The number of sulfonamides is 2. The van der Waals surface area contributed by atoms with E-state index in [1.165, 1.54) is 48.7 Å². The number of nitrogens with one attached hydrogen (secondary N) is 2. The highest BCUT2D eigenvalue weighted by Gasteiger charge is 2.20. The first kappa shape index (κ1) is 19.9. The first-order valence-electron chi connectivity index (χ1n) is 7.18. The molecule has 0 spiro atoms. The Bertz CT molecular complexity index is 1160. The van der Waals surface area contributed by atoms with E-state index in [9.17, 15) is 16.8 Å². The highest BCUT2D eigenvalue weighted by atomic mass is 35.5. The molecule has 2 aromatic carbocycles. The third kappa shape index (κ3) is 4.71. The second kappa shape index (κ2) is 7.64. The predicted molar refractivity (Wildman–Crippen MR) is 107 cm³/mol. The number of anilines is 2. The van der Waals surface area contributed by atoms with Crippen LogP contribution in [0.25, 0.3) is 0 Å². The van der Waals surface area contributed by atoms with Crippen LogP contribution >= 0.6 is 34.5 Å². The zero-order chi connectivity index (χ0) is 19.7. The number of hydrogen-bond donors (Lipinski definition) is 2. The molecule has 0 aliphatic carbocycles. The Morgan fingerprint density at radius 1 is 0.889 bits per heavy atom. The molecule has 1 aromatic heterocycles. The van der Waals surface area contributed by atoms with Crippen molar-refractivity contribution in [1.82, 2.24) is 4.98 Å². The number of halogens is 2. The summed E-state index contributed by atoms with van der Waals surface area (Å²) in [4.78, 5) is 3.63. The Balaban J connectivity index is 1.82. The Labute approximate surface area is 170 Å². The molecular weight excluding hydrogens is 453 g/mol. The lowest BCUT2D eigenvalue weighted by Gasteiger charge is -2.11. The van der Waals surface area contributed by atoms with Gasteiger partial charge in [0.2, 0.25) is 0 Å². The van der Waals surface area contributed by atoms with E-state index in [1.807, 2.05) is 0 Å². The smallest absolute Gasteiger partial charge is 0.263 e. The summed E-state index contributed by atoms with van der Waals surface area (Å²) in [5.74, 6) is 0. The predicted octanol–water partition coefficient (Wildman–Crippen LogP) is 4.05. The molecule has 0 saturated heterocycles. The second-order valence-electron chi connectivity index (χ2n) is 5.15. The van der Waals surface area contributed by atoms with Gasteiger partial charge in [0, 0.05) is 22.3 Å². The van der Waals surface area contributed by atoms with Gasteiger partial charge >= 0.3 is 0 Å². The van der Waals surface area contributed by atoms with Crippen LogP contribution < -0.4 is 9.44 Å². The standard InChI is InChI=1S/C15H11Cl2N3O4S3/c16-10-1-6-13(17)14(9-10)27(23,24)19-11-2-4-12(5-3-11)26(21,22)20-15-18-7-8-25-15/h1-9,19H,(H,18,20). The van der Waals surface area contributed by atoms with Crippen LogP contribution in [0.5, 0.6) is 0 Å². The van der Waals surface area contributed by atoms with Crippen LogP contribution in [0.15, 0.2) is 63.8 Å². The number of aromatic nitrogens is 1. The van der Waals surface area contributed by atoms with Crippen LogP contribution in [0.3, 0.4) is 0 Å². The lowest BCUT2D eigenvalue weighted by molar-refractivity contribution is 0.600. The molecule has 0 amide bonds. The minimum atomic E-state index is -4.00. The van der Waals surface area contributed by atoms with E-state index in [0.717, 1.165) is 11.3 Å². The topological polar surface area (TPSA) is 105 Å². The van der Waals surface area contributed by atoms with Gasteiger partial charge in [-0.2, -0.15) is 0 Å². The van der Waals surface area contributed by atoms with Gasteiger partial charge in [0.25, 0.3) is 20.0 Å². The second-order valence-corrected chi connectivity index (χ2v) is 10.2. The summed E-state index contributed by atoms with van der Waals surface area (Å²) in [5, 5.41) is 2.10. The van der Waals surface area contributed by atoms with E-state index in [2.05, 4.69) is 14.4 Å². The van der Waals surface area contributed by atoms with Gasteiger partial charge in [-0.05, 0) is 42.5 Å². The summed E-state index contributed by atoms with van der Waals surface area (Å²) in [6, 6.07) is 9.26. The van der Waals surface area contributed by atoms with Crippen LogP contribution in [0, 0.1) is 0 Å². The van der Waals surface area contributed by atoms with Crippen LogP contribution in [0.2, 0.25) is 10.0 Å². The fraction of sp³-hybridized carbons (Fsp3) is 0. The number of benzene rings is 2. The fourth-order valence-electron chi connectivity index (χ4n) is 2.04. The van der Waals surface area contributed by atoms with Crippen molar-refractivity contribution in [2.24, 2.45) is 0 Å². The van der Waals surface area contributed by atoms with Crippen molar-refractivity contribution >= 4 is 65.4 Å². The minimum absolute atomic E-state index is 0.0127. The molecule has 0 unspecified atom stereocenters. The number of thiazole rings is 1. The maximum Gasteiger partial charge on any atom is 0.263 e. The zero-order valence-corrected chi connectivity index (χ0v) is 17.2. The Kier molecular flexibility index (Phi) is 5.63. The monoisotopic (exact) mass is 463 g/mol.